The first-order chi connectivity index (χ1) is 8.33. The van der Waals surface area contributed by atoms with Gasteiger partial charge in [0.25, 0.3) is 0 Å². The Bertz CT molecular complexity index is 338. The number of nitrogens with zero attached hydrogens (tertiary/aromatic N) is 2. The minimum absolute atomic E-state index is 0.699. The van der Waals surface area contributed by atoms with Crippen molar-refractivity contribution in [2.45, 2.75) is 56.8 Å². The molecule has 17 heavy (non-hydrogen) atoms. The molecule has 2 saturated heterocycles. The van der Waals surface area contributed by atoms with E-state index in [-0.39, 0.29) is 0 Å². The normalized spacial score (nSPS) is 33.8. The first-order valence-electron chi connectivity index (χ1n) is 6.66. The molecule has 2 fully saturated rings. The Hall–Kier alpha value is -0.450. The van der Waals surface area contributed by atoms with Crippen LogP contribution in [0.25, 0.3) is 0 Å². The standard InChI is InChI=1S/C13H21N3S/c1-16-11-3-2-4-12(16)8-10(7-11)15-9-13-14-5-6-17-13/h5-6,10-12,15H,2-4,7-9H2,1H3. The van der Waals surface area contributed by atoms with Crippen LogP contribution in [-0.4, -0.2) is 35.1 Å². The van der Waals surface area contributed by atoms with Crippen molar-refractivity contribution < 1.29 is 0 Å². The fourth-order valence-corrected chi connectivity index (χ4v) is 3.92. The van der Waals surface area contributed by atoms with Crippen LogP contribution in [-0.2, 0) is 6.54 Å². The van der Waals surface area contributed by atoms with Gasteiger partial charge in [-0.2, -0.15) is 0 Å². The molecule has 3 nitrogen and oxygen atoms in total. The highest BCUT2D eigenvalue weighted by atomic mass is 32.1. The van der Waals surface area contributed by atoms with Crippen molar-refractivity contribution in [2.24, 2.45) is 0 Å². The van der Waals surface area contributed by atoms with Gasteiger partial charge in [0.1, 0.15) is 5.01 Å². The second-order valence-corrected chi connectivity index (χ2v) is 6.36. The smallest absolute Gasteiger partial charge is 0.106 e. The number of nitrogens with one attached hydrogen (secondary N) is 1. The molecular weight excluding hydrogens is 230 g/mol. The summed E-state index contributed by atoms with van der Waals surface area (Å²) >= 11 is 1.75. The summed E-state index contributed by atoms with van der Waals surface area (Å²) in [6.45, 7) is 0.950. The quantitative estimate of drug-likeness (QED) is 0.893. The van der Waals surface area contributed by atoms with Gasteiger partial charge in [0.15, 0.2) is 0 Å². The van der Waals surface area contributed by atoms with Gasteiger partial charge in [-0.3, -0.25) is 0 Å². The lowest BCUT2D eigenvalue weighted by Crippen LogP contribution is -2.54. The van der Waals surface area contributed by atoms with E-state index >= 15 is 0 Å². The predicted molar refractivity (Wildman–Crippen MR) is 71.2 cm³/mol. The molecule has 2 bridgehead atoms. The Morgan fingerprint density at radius 1 is 1.41 bits per heavy atom. The molecule has 3 rings (SSSR count). The fraction of sp³-hybridized carbons (Fsp3) is 0.769. The maximum absolute atomic E-state index is 4.33. The molecule has 2 atom stereocenters. The minimum Gasteiger partial charge on any atom is -0.308 e. The first kappa shape index (κ1) is 11.6. The molecule has 2 aliphatic rings. The SMILES string of the molecule is CN1C2CCCC1CC(NCc1nccs1)C2. The van der Waals surface area contributed by atoms with Crippen LogP contribution in [0.2, 0.25) is 0 Å². The van der Waals surface area contributed by atoms with Crippen LogP contribution in [0.3, 0.4) is 0 Å². The fourth-order valence-electron chi connectivity index (χ4n) is 3.35. The molecule has 4 heteroatoms. The van der Waals surface area contributed by atoms with Crippen LogP contribution < -0.4 is 5.32 Å². The second-order valence-electron chi connectivity index (χ2n) is 5.38. The highest BCUT2D eigenvalue weighted by Crippen LogP contribution is 2.32. The summed E-state index contributed by atoms with van der Waals surface area (Å²) in [5.41, 5.74) is 0. The van der Waals surface area contributed by atoms with Gasteiger partial charge in [-0.25, -0.2) is 4.98 Å². The van der Waals surface area contributed by atoms with E-state index in [9.17, 15) is 0 Å². The average molecular weight is 251 g/mol. The molecule has 1 aromatic rings. The van der Waals surface area contributed by atoms with Crippen molar-refractivity contribution in [2.75, 3.05) is 7.05 Å². The number of fused-ring (bicyclic) bond motifs is 2. The molecule has 1 N–H and O–H groups in total. The van der Waals surface area contributed by atoms with Crippen molar-refractivity contribution in [1.82, 2.24) is 15.2 Å². The minimum atomic E-state index is 0.699. The van der Waals surface area contributed by atoms with Crippen LogP contribution >= 0.6 is 11.3 Å². The van der Waals surface area contributed by atoms with E-state index < -0.39 is 0 Å². The maximum Gasteiger partial charge on any atom is 0.106 e. The summed E-state index contributed by atoms with van der Waals surface area (Å²) in [6, 6.07) is 2.33. The van der Waals surface area contributed by atoms with Gasteiger partial charge in [-0.05, 0) is 32.7 Å². The molecule has 0 radical (unpaired) electrons. The van der Waals surface area contributed by atoms with Gasteiger partial charge < -0.3 is 10.2 Å². The van der Waals surface area contributed by atoms with Gasteiger partial charge in [-0.15, -0.1) is 11.3 Å². The Balaban J connectivity index is 1.55. The topological polar surface area (TPSA) is 28.2 Å². The highest BCUT2D eigenvalue weighted by molar-refractivity contribution is 7.09. The monoisotopic (exact) mass is 251 g/mol. The molecule has 0 saturated carbocycles. The van der Waals surface area contributed by atoms with E-state index in [0.29, 0.717) is 6.04 Å². The Labute approximate surface area is 107 Å². The van der Waals surface area contributed by atoms with Gasteiger partial charge in [0.2, 0.25) is 0 Å². The number of hydrogen-bond donors (Lipinski definition) is 1. The highest BCUT2D eigenvalue weighted by Gasteiger charge is 2.35. The van der Waals surface area contributed by atoms with Crippen molar-refractivity contribution in [3.8, 4) is 0 Å². The zero-order valence-corrected chi connectivity index (χ0v) is 11.2. The van der Waals surface area contributed by atoms with Gasteiger partial charge in [0, 0.05) is 36.2 Å². The molecule has 0 aromatic carbocycles. The largest absolute Gasteiger partial charge is 0.308 e. The third-order valence-electron chi connectivity index (χ3n) is 4.37. The number of hydrogen-bond acceptors (Lipinski definition) is 4. The molecule has 0 spiro atoms. The Morgan fingerprint density at radius 3 is 2.82 bits per heavy atom. The Morgan fingerprint density at radius 2 is 2.18 bits per heavy atom. The summed E-state index contributed by atoms with van der Waals surface area (Å²) < 4.78 is 0. The summed E-state index contributed by atoms with van der Waals surface area (Å²) in [5.74, 6) is 0. The maximum atomic E-state index is 4.33. The Kier molecular flexibility index (Phi) is 3.45. The first-order valence-corrected chi connectivity index (χ1v) is 7.54. The zero-order valence-electron chi connectivity index (χ0n) is 10.4. The summed E-state index contributed by atoms with van der Waals surface area (Å²) in [6.07, 6.45) is 8.74. The van der Waals surface area contributed by atoms with Crippen LogP contribution in [0.1, 0.15) is 37.1 Å². The summed E-state index contributed by atoms with van der Waals surface area (Å²) in [7, 11) is 2.31. The van der Waals surface area contributed by atoms with Gasteiger partial charge in [-0.1, -0.05) is 6.42 Å². The van der Waals surface area contributed by atoms with Crippen LogP contribution in [0.4, 0.5) is 0 Å². The number of rotatable bonds is 3. The number of piperidine rings is 2. The van der Waals surface area contributed by atoms with Gasteiger partial charge >= 0.3 is 0 Å². The van der Waals surface area contributed by atoms with Gasteiger partial charge in [0.05, 0.1) is 0 Å². The van der Waals surface area contributed by atoms with E-state index in [0.717, 1.165) is 18.6 Å². The van der Waals surface area contributed by atoms with Crippen LogP contribution in [0.15, 0.2) is 11.6 Å². The lowest BCUT2D eigenvalue weighted by Gasteiger charge is -2.47. The lowest BCUT2D eigenvalue weighted by atomic mass is 9.82. The van der Waals surface area contributed by atoms with Crippen molar-refractivity contribution in [1.29, 1.82) is 0 Å². The average Bonchev–Trinajstić information content (AvgIpc) is 2.79. The summed E-state index contributed by atoms with van der Waals surface area (Å²) in [4.78, 5) is 6.95. The molecule has 2 unspecified atom stereocenters. The second kappa shape index (κ2) is 5.04. The van der Waals surface area contributed by atoms with E-state index in [1.165, 1.54) is 37.1 Å². The number of thiazole rings is 1. The molecule has 3 heterocycles. The summed E-state index contributed by atoms with van der Waals surface area (Å²) in [5, 5.41) is 6.97. The molecular formula is C13H21N3S. The van der Waals surface area contributed by atoms with E-state index in [2.05, 4.69) is 27.6 Å². The molecule has 0 amide bonds. The third-order valence-corrected chi connectivity index (χ3v) is 5.14. The molecule has 2 aliphatic heterocycles. The van der Waals surface area contributed by atoms with E-state index in [4.69, 9.17) is 0 Å². The molecule has 1 aromatic heterocycles. The zero-order chi connectivity index (χ0) is 11.7. The third kappa shape index (κ3) is 2.54. The number of aromatic nitrogens is 1. The van der Waals surface area contributed by atoms with E-state index in [1.807, 2.05) is 6.20 Å². The predicted octanol–water partition coefficient (Wildman–Crippen LogP) is 2.25. The molecule has 94 valence electrons. The molecule has 0 aliphatic carbocycles. The van der Waals surface area contributed by atoms with Crippen LogP contribution in [0.5, 0.6) is 0 Å². The van der Waals surface area contributed by atoms with E-state index in [1.54, 1.807) is 11.3 Å². The van der Waals surface area contributed by atoms with Crippen molar-refractivity contribution >= 4 is 11.3 Å². The van der Waals surface area contributed by atoms with Crippen molar-refractivity contribution in [3.05, 3.63) is 16.6 Å². The lowest BCUT2D eigenvalue weighted by molar-refractivity contribution is 0.0482. The van der Waals surface area contributed by atoms with Crippen LogP contribution in [0, 0.1) is 0 Å². The van der Waals surface area contributed by atoms with Crippen molar-refractivity contribution in [3.63, 3.8) is 0 Å².